The molecule has 1 aromatic carbocycles. The standard InChI is InChI=1S/C16H24N2O3/c1-5-6-13(15(19)20)10-17-16(21)18(4)14-8-11(2)7-12(3)9-14/h7-9,13H,5-6,10H2,1-4H3,(H,17,21)(H,19,20). The van der Waals surface area contributed by atoms with Crippen LogP contribution in [0.15, 0.2) is 18.2 Å². The van der Waals surface area contributed by atoms with E-state index in [4.69, 9.17) is 5.11 Å². The number of nitrogens with zero attached hydrogens (tertiary/aromatic N) is 1. The van der Waals surface area contributed by atoms with Gasteiger partial charge in [0.25, 0.3) is 0 Å². The molecule has 1 atom stereocenters. The molecule has 0 radical (unpaired) electrons. The number of rotatable bonds is 6. The third-order valence-corrected chi connectivity index (χ3v) is 3.38. The number of nitrogens with one attached hydrogen (secondary N) is 1. The van der Waals surface area contributed by atoms with Gasteiger partial charge in [-0.05, 0) is 43.5 Å². The number of urea groups is 1. The number of benzene rings is 1. The molecule has 0 aliphatic carbocycles. The highest BCUT2D eigenvalue weighted by molar-refractivity contribution is 5.91. The summed E-state index contributed by atoms with van der Waals surface area (Å²) < 4.78 is 0. The summed E-state index contributed by atoms with van der Waals surface area (Å²) >= 11 is 0. The molecule has 1 rings (SSSR count). The van der Waals surface area contributed by atoms with Gasteiger partial charge in [0.05, 0.1) is 5.92 Å². The first-order valence-corrected chi connectivity index (χ1v) is 7.17. The van der Waals surface area contributed by atoms with E-state index in [1.807, 2.05) is 39.0 Å². The molecule has 0 bridgehead atoms. The minimum atomic E-state index is -0.869. The fourth-order valence-corrected chi connectivity index (χ4v) is 2.25. The molecule has 2 amide bonds. The van der Waals surface area contributed by atoms with Crippen molar-refractivity contribution in [2.45, 2.75) is 33.6 Å². The molecule has 0 heterocycles. The van der Waals surface area contributed by atoms with Gasteiger partial charge >= 0.3 is 12.0 Å². The number of aliphatic carboxylic acids is 1. The fraction of sp³-hybridized carbons (Fsp3) is 0.500. The van der Waals surface area contributed by atoms with Crippen molar-refractivity contribution in [1.82, 2.24) is 5.32 Å². The highest BCUT2D eigenvalue weighted by atomic mass is 16.4. The van der Waals surface area contributed by atoms with Crippen LogP contribution in [0.3, 0.4) is 0 Å². The molecule has 5 nitrogen and oxygen atoms in total. The zero-order valence-corrected chi connectivity index (χ0v) is 13.1. The third kappa shape index (κ3) is 5.10. The molecular formula is C16H24N2O3. The van der Waals surface area contributed by atoms with Crippen molar-refractivity contribution < 1.29 is 14.7 Å². The van der Waals surface area contributed by atoms with E-state index < -0.39 is 11.9 Å². The predicted molar refractivity (Wildman–Crippen MR) is 83.8 cm³/mol. The normalized spacial score (nSPS) is 11.8. The van der Waals surface area contributed by atoms with Crippen LogP contribution in [0.25, 0.3) is 0 Å². The van der Waals surface area contributed by atoms with Crippen molar-refractivity contribution >= 4 is 17.7 Å². The second kappa shape index (κ2) is 7.67. The van der Waals surface area contributed by atoms with E-state index in [2.05, 4.69) is 5.32 Å². The highest BCUT2D eigenvalue weighted by Gasteiger charge is 2.19. The Morgan fingerprint density at radius 2 is 1.81 bits per heavy atom. The fourth-order valence-electron chi connectivity index (χ4n) is 2.25. The molecule has 1 aromatic rings. The summed E-state index contributed by atoms with van der Waals surface area (Å²) in [4.78, 5) is 24.7. The second-order valence-corrected chi connectivity index (χ2v) is 5.41. The number of anilines is 1. The van der Waals surface area contributed by atoms with E-state index in [0.29, 0.717) is 6.42 Å². The number of carboxylic acids is 1. The third-order valence-electron chi connectivity index (χ3n) is 3.38. The number of hydrogen-bond acceptors (Lipinski definition) is 2. The van der Waals surface area contributed by atoms with Gasteiger partial charge in [-0.25, -0.2) is 4.79 Å². The second-order valence-electron chi connectivity index (χ2n) is 5.41. The van der Waals surface area contributed by atoms with Gasteiger partial charge < -0.3 is 10.4 Å². The summed E-state index contributed by atoms with van der Waals surface area (Å²) in [6.45, 7) is 6.03. The van der Waals surface area contributed by atoms with Gasteiger partial charge in [0.1, 0.15) is 0 Å². The van der Waals surface area contributed by atoms with Crippen LogP contribution in [0.1, 0.15) is 30.9 Å². The van der Waals surface area contributed by atoms with Crippen molar-refractivity contribution in [3.8, 4) is 0 Å². The molecule has 0 saturated carbocycles. The van der Waals surface area contributed by atoms with Crippen molar-refractivity contribution in [2.24, 2.45) is 5.92 Å². The van der Waals surface area contributed by atoms with Crippen LogP contribution >= 0.6 is 0 Å². The Balaban J connectivity index is 2.68. The monoisotopic (exact) mass is 292 g/mol. The van der Waals surface area contributed by atoms with Crippen LogP contribution in [0.2, 0.25) is 0 Å². The van der Waals surface area contributed by atoms with E-state index in [9.17, 15) is 9.59 Å². The molecule has 0 saturated heterocycles. The molecule has 0 aliphatic heterocycles. The summed E-state index contributed by atoms with van der Waals surface area (Å²) in [6, 6.07) is 5.60. The minimum absolute atomic E-state index is 0.150. The first-order chi connectivity index (χ1) is 9.85. The Bertz CT molecular complexity index is 494. The Hall–Kier alpha value is -2.04. The van der Waals surface area contributed by atoms with Gasteiger partial charge in [-0.1, -0.05) is 19.4 Å². The number of carbonyl (C=O) groups is 2. The number of hydrogen-bond donors (Lipinski definition) is 2. The van der Waals surface area contributed by atoms with Crippen molar-refractivity contribution in [3.63, 3.8) is 0 Å². The van der Waals surface area contributed by atoms with Crippen LogP contribution in [0.4, 0.5) is 10.5 Å². The molecule has 2 N–H and O–H groups in total. The maximum absolute atomic E-state index is 12.1. The molecule has 21 heavy (non-hydrogen) atoms. The average molecular weight is 292 g/mol. The number of carbonyl (C=O) groups excluding carboxylic acids is 1. The summed E-state index contributed by atoms with van der Waals surface area (Å²) in [5.74, 6) is -1.40. The van der Waals surface area contributed by atoms with Crippen molar-refractivity contribution in [3.05, 3.63) is 29.3 Å². The molecule has 0 spiro atoms. The van der Waals surface area contributed by atoms with Crippen LogP contribution in [0.5, 0.6) is 0 Å². The van der Waals surface area contributed by atoms with Gasteiger partial charge in [0, 0.05) is 19.3 Å². The number of carboxylic acid groups (broad SMARTS) is 1. The van der Waals surface area contributed by atoms with Crippen LogP contribution in [-0.4, -0.2) is 30.7 Å². The number of aryl methyl sites for hydroxylation is 2. The molecule has 116 valence electrons. The first-order valence-electron chi connectivity index (χ1n) is 7.17. The van der Waals surface area contributed by atoms with E-state index in [1.165, 1.54) is 4.90 Å². The molecule has 0 aromatic heterocycles. The maximum Gasteiger partial charge on any atom is 0.321 e. The largest absolute Gasteiger partial charge is 0.481 e. The molecule has 0 aliphatic rings. The van der Waals surface area contributed by atoms with E-state index >= 15 is 0 Å². The first kappa shape index (κ1) is 17.0. The minimum Gasteiger partial charge on any atom is -0.481 e. The number of amides is 2. The average Bonchev–Trinajstić information content (AvgIpc) is 2.40. The summed E-state index contributed by atoms with van der Waals surface area (Å²) in [6.07, 6.45) is 1.34. The lowest BCUT2D eigenvalue weighted by atomic mass is 10.0. The van der Waals surface area contributed by atoms with Gasteiger partial charge in [0.15, 0.2) is 0 Å². The lowest BCUT2D eigenvalue weighted by Crippen LogP contribution is -2.41. The Kier molecular flexibility index (Phi) is 6.21. The lowest BCUT2D eigenvalue weighted by molar-refractivity contribution is -0.141. The Morgan fingerprint density at radius 3 is 2.29 bits per heavy atom. The molecule has 1 unspecified atom stereocenters. The van der Waals surface area contributed by atoms with E-state index in [0.717, 1.165) is 23.2 Å². The van der Waals surface area contributed by atoms with Crippen LogP contribution in [-0.2, 0) is 4.79 Å². The van der Waals surface area contributed by atoms with Crippen LogP contribution in [0, 0.1) is 19.8 Å². The predicted octanol–water partition coefficient (Wildman–Crippen LogP) is 2.95. The smallest absolute Gasteiger partial charge is 0.321 e. The van der Waals surface area contributed by atoms with E-state index in [1.54, 1.807) is 7.05 Å². The highest BCUT2D eigenvalue weighted by Crippen LogP contribution is 2.17. The zero-order valence-electron chi connectivity index (χ0n) is 13.1. The van der Waals surface area contributed by atoms with Crippen molar-refractivity contribution in [1.29, 1.82) is 0 Å². The SMILES string of the molecule is CCCC(CNC(=O)N(C)c1cc(C)cc(C)c1)C(=O)O. The van der Waals surface area contributed by atoms with Gasteiger partial charge in [0.2, 0.25) is 0 Å². The van der Waals surface area contributed by atoms with Crippen molar-refractivity contribution in [2.75, 3.05) is 18.5 Å². The summed E-state index contributed by atoms with van der Waals surface area (Å²) in [7, 11) is 1.68. The Morgan fingerprint density at radius 1 is 1.24 bits per heavy atom. The lowest BCUT2D eigenvalue weighted by Gasteiger charge is -2.20. The van der Waals surface area contributed by atoms with Crippen LogP contribution < -0.4 is 10.2 Å². The quantitative estimate of drug-likeness (QED) is 0.847. The molecule has 5 heteroatoms. The van der Waals surface area contributed by atoms with Gasteiger partial charge in [-0.2, -0.15) is 0 Å². The topological polar surface area (TPSA) is 69.6 Å². The zero-order chi connectivity index (χ0) is 16.0. The maximum atomic E-state index is 12.1. The Labute approximate surface area is 126 Å². The van der Waals surface area contributed by atoms with E-state index in [-0.39, 0.29) is 12.6 Å². The van der Waals surface area contributed by atoms with Gasteiger partial charge in [-0.3, -0.25) is 9.69 Å². The molecular weight excluding hydrogens is 268 g/mol. The summed E-state index contributed by atoms with van der Waals surface area (Å²) in [5, 5.41) is 11.8. The molecule has 0 fully saturated rings. The summed E-state index contributed by atoms with van der Waals surface area (Å²) in [5.41, 5.74) is 2.96. The van der Waals surface area contributed by atoms with Gasteiger partial charge in [-0.15, -0.1) is 0 Å².